The van der Waals surface area contributed by atoms with Gasteiger partial charge in [0.25, 0.3) is 5.69 Å². The number of nitrogens with one attached hydrogen (secondary N) is 1. The smallest absolute Gasteiger partial charge is 0.292 e. The monoisotopic (exact) mass is 293 g/mol. The topological polar surface area (TPSA) is 101 Å². The largest absolute Gasteiger partial charge is 0.393 e. The van der Waals surface area contributed by atoms with Gasteiger partial charge in [0.1, 0.15) is 5.69 Å². The van der Waals surface area contributed by atoms with Gasteiger partial charge in [0.05, 0.1) is 10.5 Å². The molecule has 0 heterocycles. The Hall–Kier alpha value is -1.82. The van der Waals surface area contributed by atoms with Crippen molar-refractivity contribution in [2.75, 3.05) is 17.6 Å². The van der Waals surface area contributed by atoms with Gasteiger partial charge in [0.15, 0.2) is 0 Å². The predicted octanol–water partition coefficient (Wildman–Crippen LogP) is 2.92. The van der Waals surface area contributed by atoms with Crippen LogP contribution in [-0.2, 0) is 0 Å². The van der Waals surface area contributed by atoms with Crippen LogP contribution in [-0.4, -0.2) is 22.2 Å². The minimum atomic E-state index is -0.692. The second-order valence-corrected chi connectivity index (χ2v) is 5.96. The molecular formula is C15H23N3O3. The van der Waals surface area contributed by atoms with Crippen LogP contribution >= 0.6 is 0 Å². The van der Waals surface area contributed by atoms with Crippen LogP contribution in [0.3, 0.4) is 0 Å². The average Bonchev–Trinajstić information content (AvgIpc) is 2.46. The first kappa shape index (κ1) is 15.6. The van der Waals surface area contributed by atoms with Crippen molar-refractivity contribution in [3.8, 4) is 0 Å². The summed E-state index contributed by atoms with van der Waals surface area (Å²) in [5.41, 5.74) is 5.70. The quantitative estimate of drug-likeness (QED) is 0.440. The summed E-state index contributed by atoms with van der Waals surface area (Å²) in [6, 6.07) is 4.55. The van der Waals surface area contributed by atoms with Gasteiger partial charge in [-0.3, -0.25) is 10.1 Å². The summed E-state index contributed by atoms with van der Waals surface area (Å²) >= 11 is 0. The maximum atomic E-state index is 10.7. The minimum Gasteiger partial charge on any atom is -0.393 e. The molecule has 0 unspecified atom stereocenters. The number of nitrogens with zero attached hydrogens (tertiary/aromatic N) is 1. The second kappa shape index (κ2) is 6.30. The number of rotatable bonds is 5. The van der Waals surface area contributed by atoms with Gasteiger partial charge >= 0.3 is 0 Å². The molecule has 6 heteroatoms. The van der Waals surface area contributed by atoms with Crippen LogP contribution in [0.25, 0.3) is 0 Å². The molecule has 2 rings (SSSR count). The summed E-state index contributed by atoms with van der Waals surface area (Å²) < 4.78 is 0. The van der Waals surface area contributed by atoms with E-state index >= 15 is 0 Å². The van der Waals surface area contributed by atoms with E-state index in [2.05, 4.69) is 12.2 Å². The molecule has 0 radical (unpaired) electrons. The molecule has 1 fully saturated rings. The molecule has 0 bridgehead atoms. The van der Waals surface area contributed by atoms with Crippen LogP contribution in [0.2, 0.25) is 0 Å². The normalized spacial score (nSPS) is 25.5. The molecule has 1 aliphatic rings. The fraction of sp³-hybridized carbons (Fsp3) is 0.600. The van der Waals surface area contributed by atoms with Crippen molar-refractivity contribution in [1.82, 2.24) is 0 Å². The maximum absolute atomic E-state index is 10.7. The maximum Gasteiger partial charge on any atom is 0.292 e. The molecule has 1 aromatic rings. The number of nitrogens with two attached hydrogens (primary N) is 1. The van der Waals surface area contributed by atoms with Gasteiger partial charge in [-0.1, -0.05) is 13.3 Å². The summed E-state index contributed by atoms with van der Waals surface area (Å²) in [6.45, 7) is 2.63. The van der Waals surface area contributed by atoms with E-state index in [0.29, 0.717) is 12.2 Å². The third-order valence-electron chi connectivity index (χ3n) is 4.46. The van der Waals surface area contributed by atoms with Crippen LogP contribution in [0.5, 0.6) is 0 Å². The molecule has 1 aromatic carbocycles. The van der Waals surface area contributed by atoms with Gasteiger partial charge in [0.2, 0.25) is 0 Å². The molecule has 1 saturated carbocycles. The lowest BCUT2D eigenvalue weighted by molar-refractivity contribution is -0.383. The predicted molar refractivity (Wildman–Crippen MR) is 83.2 cm³/mol. The molecule has 0 amide bonds. The standard InChI is InChI=1S/C15H23N3O3/c1-2-11-5-7-15(19,8-6-11)10-17-12-3-4-14(18(20)21)13(16)9-12/h3-4,9,11,17,19H,2,5-8,10,16H2,1H3. The Kier molecular flexibility index (Phi) is 4.67. The average molecular weight is 293 g/mol. The van der Waals surface area contributed by atoms with Gasteiger partial charge in [-0.15, -0.1) is 0 Å². The highest BCUT2D eigenvalue weighted by Crippen LogP contribution is 2.34. The molecule has 0 spiro atoms. The van der Waals surface area contributed by atoms with Gasteiger partial charge in [-0.25, -0.2) is 0 Å². The zero-order chi connectivity index (χ0) is 15.5. The molecule has 6 nitrogen and oxygen atoms in total. The zero-order valence-corrected chi connectivity index (χ0v) is 12.3. The number of hydrogen-bond acceptors (Lipinski definition) is 5. The number of nitro groups is 1. The van der Waals surface area contributed by atoms with Crippen molar-refractivity contribution < 1.29 is 10.0 Å². The van der Waals surface area contributed by atoms with Crippen molar-refractivity contribution in [2.24, 2.45) is 5.92 Å². The minimum absolute atomic E-state index is 0.0947. The Morgan fingerprint density at radius 2 is 2.14 bits per heavy atom. The number of anilines is 2. The van der Waals surface area contributed by atoms with Gasteiger partial charge in [0, 0.05) is 18.3 Å². The first-order valence-electron chi connectivity index (χ1n) is 7.44. The third kappa shape index (κ3) is 3.85. The zero-order valence-electron chi connectivity index (χ0n) is 12.3. The summed E-state index contributed by atoms with van der Waals surface area (Å²) in [5.74, 6) is 0.722. The van der Waals surface area contributed by atoms with E-state index in [0.717, 1.165) is 31.6 Å². The third-order valence-corrected chi connectivity index (χ3v) is 4.46. The fourth-order valence-corrected chi connectivity index (χ4v) is 2.90. The molecule has 21 heavy (non-hydrogen) atoms. The van der Waals surface area contributed by atoms with Crippen LogP contribution in [0.1, 0.15) is 39.0 Å². The molecule has 1 aliphatic carbocycles. The lowest BCUT2D eigenvalue weighted by atomic mass is 9.78. The van der Waals surface area contributed by atoms with Gasteiger partial charge in [-0.05, 0) is 43.7 Å². The van der Waals surface area contributed by atoms with E-state index in [9.17, 15) is 15.2 Å². The van der Waals surface area contributed by atoms with E-state index < -0.39 is 10.5 Å². The highest BCUT2D eigenvalue weighted by atomic mass is 16.6. The van der Waals surface area contributed by atoms with Crippen molar-refractivity contribution in [1.29, 1.82) is 0 Å². The van der Waals surface area contributed by atoms with E-state index in [1.165, 1.54) is 12.5 Å². The number of nitrogen functional groups attached to an aromatic ring is 1. The van der Waals surface area contributed by atoms with E-state index in [1.54, 1.807) is 12.1 Å². The van der Waals surface area contributed by atoms with E-state index in [4.69, 9.17) is 5.73 Å². The Morgan fingerprint density at radius 3 is 2.67 bits per heavy atom. The van der Waals surface area contributed by atoms with Crippen molar-refractivity contribution in [2.45, 2.75) is 44.6 Å². The van der Waals surface area contributed by atoms with E-state index in [1.807, 2.05) is 0 Å². The van der Waals surface area contributed by atoms with Crippen LogP contribution in [0.15, 0.2) is 18.2 Å². The molecule has 4 N–H and O–H groups in total. The lowest BCUT2D eigenvalue weighted by Gasteiger charge is -2.36. The summed E-state index contributed by atoms with van der Waals surface area (Å²) in [7, 11) is 0. The fourth-order valence-electron chi connectivity index (χ4n) is 2.90. The van der Waals surface area contributed by atoms with Crippen molar-refractivity contribution >= 4 is 17.1 Å². The number of benzene rings is 1. The number of nitro benzene ring substituents is 1. The number of aliphatic hydroxyl groups is 1. The number of hydrogen-bond donors (Lipinski definition) is 3. The summed E-state index contributed by atoms with van der Waals surface area (Å²) in [6.07, 6.45) is 4.86. The van der Waals surface area contributed by atoms with Gasteiger partial charge < -0.3 is 16.2 Å². The Bertz CT molecular complexity index is 511. The highest BCUT2D eigenvalue weighted by molar-refractivity contribution is 5.65. The van der Waals surface area contributed by atoms with Crippen molar-refractivity contribution in [3.63, 3.8) is 0 Å². The first-order valence-corrected chi connectivity index (χ1v) is 7.44. The van der Waals surface area contributed by atoms with Gasteiger partial charge in [-0.2, -0.15) is 0 Å². The molecule has 116 valence electrons. The molecule has 0 atom stereocenters. The Morgan fingerprint density at radius 1 is 1.48 bits per heavy atom. The van der Waals surface area contributed by atoms with E-state index in [-0.39, 0.29) is 11.4 Å². The SMILES string of the molecule is CCC1CCC(O)(CNc2ccc([N+](=O)[O-])c(N)c2)CC1. The van der Waals surface area contributed by atoms with Crippen molar-refractivity contribution in [3.05, 3.63) is 28.3 Å². The first-order chi connectivity index (χ1) is 9.93. The molecule has 0 aliphatic heterocycles. The van der Waals surface area contributed by atoms with Crippen LogP contribution in [0.4, 0.5) is 17.1 Å². The Labute approximate surface area is 124 Å². The second-order valence-electron chi connectivity index (χ2n) is 5.96. The molecule has 0 saturated heterocycles. The molecular weight excluding hydrogens is 270 g/mol. The highest BCUT2D eigenvalue weighted by Gasteiger charge is 2.32. The Balaban J connectivity index is 1.94. The summed E-state index contributed by atoms with van der Waals surface area (Å²) in [4.78, 5) is 10.2. The molecule has 0 aromatic heterocycles. The summed E-state index contributed by atoms with van der Waals surface area (Å²) in [5, 5.41) is 24.4. The van der Waals surface area contributed by atoms with Crippen LogP contribution in [0, 0.1) is 16.0 Å². The van der Waals surface area contributed by atoms with Crippen LogP contribution < -0.4 is 11.1 Å². The lowest BCUT2D eigenvalue weighted by Crippen LogP contribution is -2.40.